The van der Waals surface area contributed by atoms with Crippen molar-refractivity contribution in [1.29, 1.82) is 0 Å². The molecule has 1 aliphatic rings. The number of nitrogens with zero attached hydrogens (tertiary/aromatic N) is 2. The molecule has 0 amide bonds. The molecule has 10 heteroatoms. The highest BCUT2D eigenvalue weighted by Crippen LogP contribution is 2.40. The van der Waals surface area contributed by atoms with E-state index in [2.05, 4.69) is 9.44 Å². The maximum absolute atomic E-state index is 13.1. The van der Waals surface area contributed by atoms with Crippen LogP contribution in [0.15, 0.2) is 94.7 Å². The molecule has 0 unspecified atom stereocenters. The van der Waals surface area contributed by atoms with Gasteiger partial charge in [-0.1, -0.05) is 36.4 Å². The van der Waals surface area contributed by atoms with Crippen LogP contribution < -0.4 is 0 Å². The third-order valence-corrected chi connectivity index (χ3v) is 8.13. The van der Waals surface area contributed by atoms with Crippen molar-refractivity contribution in [2.24, 2.45) is 0 Å². The van der Waals surface area contributed by atoms with Crippen molar-refractivity contribution in [3.63, 3.8) is 0 Å². The Balaban J connectivity index is 1.40. The smallest absolute Gasteiger partial charge is 0.123 e. The van der Waals surface area contributed by atoms with E-state index in [0.29, 0.717) is 17.5 Å². The van der Waals surface area contributed by atoms with E-state index in [-0.39, 0.29) is 21.2 Å². The van der Waals surface area contributed by atoms with Crippen molar-refractivity contribution in [3.8, 4) is 11.1 Å². The van der Waals surface area contributed by atoms with Crippen LogP contribution in [0.3, 0.4) is 0 Å². The minimum absolute atomic E-state index is 0.0208. The number of sulfonamides is 2. The number of halogens is 2. The van der Waals surface area contributed by atoms with Crippen molar-refractivity contribution < 1.29 is 25.6 Å². The third-order valence-electron chi connectivity index (χ3n) is 5.52. The predicted molar refractivity (Wildman–Crippen MR) is 128 cm³/mol. The average molecular weight is 511 g/mol. The lowest BCUT2D eigenvalue weighted by Gasteiger charge is -2.22. The predicted octanol–water partition coefficient (Wildman–Crippen LogP) is 6.32. The first-order chi connectivity index (χ1) is 16.6. The lowest BCUT2D eigenvalue weighted by molar-refractivity contribution is 0.601. The molecule has 0 spiro atoms. The molecule has 4 aromatic carbocycles. The molecular weight excluding hydrogens is 494 g/mol. The molecule has 35 heavy (non-hydrogen) atoms. The van der Waals surface area contributed by atoms with Crippen LogP contribution in [0.2, 0.25) is 0 Å². The largest absolute Gasteiger partial charge is 0.573 e. The quantitative estimate of drug-likeness (QED) is 0.267. The standard InChI is InChI=1S/C25H16F2N2O4S2/c26-18-1-5-20(6-2-18)28-34(30,31)22-9-11-24-16(14-22)13-17-15-23(10-12-25(17)24)35(32,33)29-21-7-3-19(27)4-8-21/h1-12,14-15H,13H2/q-2. The van der Waals surface area contributed by atoms with Gasteiger partial charge >= 0.3 is 0 Å². The molecule has 0 heterocycles. The summed E-state index contributed by atoms with van der Waals surface area (Å²) >= 11 is 0. The molecule has 0 fully saturated rings. The van der Waals surface area contributed by atoms with Gasteiger partial charge in [-0.15, -0.1) is 11.4 Å². The molecule has 5 rings (SSSR count). The summed E-state index contributed by atoms with van der Waals surface area (Å²) in [6, 6.07) is 18.8. The molecule has 178 valence electrons. The Kier molecular flexibility index (Phi) is 5.57. The van der Waals surface area contributed by atoms with E-state index >= 15 is 0 Å². The van der Waals surface area contributed by atoms with Gasteiger partial charge in [-0.2, -0.15) is 0 Å². The fourth-order valence-electron chi connectivity index (χ4n) is 3.87. The van der Waals surface area contributed by atoms with Crippen molar-refractivity contribution in [1.82, 2.24) is 0 Å². The maximum Gasteiger partial charge on any atom is 0.123 e. The number of benzene rings is 4. The van der Waals surface area contributed by atoms with Gasteiger partial charge < -0.3 is 9.44 Å². The Labute approximate surface area is 201 Å². The van der Waals surface area contributed by atoms with Gasteiger partial charge in [-0.3, -0.25) is 0 Å². The van der Waals surface area contributed by atoms with E-state index in [9.17, 15) is 25.6 Å². The molecule has 0 aliphatic heterocycles. The van der Waals surface area contributed by atoms with Crippen LogP contribution in [0.5, 0.6) is 0 Å². The Morgan fingerprint density at radius 1 is 0.543 bits per heavy atom. The van der Waals surface area contributed by atoms with Gasteiger partial charge in [0.25, 0.3) is 0 Å². The van der Waals surface area contributed by atoms with Crippen LogP contribution in [0, 0.1) is 11.6 Å². The van der Waals surface area contributed by atoms with Crippen LogP contribution in [0.25, 0.3) is 20.6 Å². The van der Waals surface area contributed by atoms with Crippen molar-refractivity contribution >= 4 is 31.4 Å². The van der Waals surface area contributed by atoms with E-state index in [1.807, 2.05) is 0 Å². The van der Waals surface area contributed by atoms with Gasteiger partial charge in [0, 0.05) is 0 Å². The molecule has 0 atom stereocenters. The zero-order valence-corrected chi connectivity index (χ0v) is 19.5. The van der Waals surface area contributed by atoms with E-state index in [0.717, 1.165) is 35.4 Å². The van der Waals surface area contributed by atoms with E-state index in [1.165, 1.54) is 48.5 Å². The van der Waals surface area contributed by atoms with Gasteiger partial charge in [0.05, 0.1) is 9.79 Å². The summed E-state index contributed by atoms with van der Waals surface area (Å²) in [5.41, 5.74) is 3.21. The Bertz CT molecular complexity index is 1530. The van der Waals surface area contributed by atoms with Gasteiger partial charge in [0.2, 0.25) is 0 Å². The fraction of sp³-hybridized carbons (Fsp3) is 0.0400. The molecule has 6 nitrogen and oxygen atoms in total. The van der Waals surface area contributed by atoms with Gasteiger partial charge in [-0.05, 0) is 77.2 Å². The summed E-state index contributed by atoms with van der Waals surface area (Å²) in [5, 5.41) is 0. The second-order valence-corrected chi connectivity index (χ2v) is 11.1. The van der Waals surface area contributed by atoms with Gasteiger partial charge in [-0.25, -0.2) is 25.6 Å². The van der Waals surface area contributed by atoms with Crippen molar-refractivity contribution in [2.75, 3.05) is 0 Å². The lowest BCUT2D eigenvalue weighted by atomic mass is 10.1. The fourth-order valence-corrected chi connectivity index (χ4v) is 5.94. The summed E-state index contributed by atoms with van der Waals surface area (Å²) in [6.45, 7) is 0. The van der Waals surface area contributed by atoms with E-state index in [1.54, 1.807) is 12.1 Å². The summed E-state index contributed by atoms with van der Waals surface area (Å²) < 4.78 is 84.8. The SMILES string of the molecule is O=S(=O)([N-]c1ccc(F)cc1)c1ccc2c(c1)Cc1cc(S(=O)(=O)[N-]c3ccc(F)cc3)ccc1-2. The van der Waals surface area contributed by atoms with E-state index < -0.39 is 31.7 Å². The number of hydrogen-bond acceptors (Lipinski definition) is 4. The molecule has 0 aromatic heterocycles. The lowest BCUT2D eigenvalue weighted by Crippen LogP contribution is -1.99. The molecule has 0 bridgehead atoms. The minimum Gasteiger partial charge on any atom is -0.573 e. The highest BCUT2D eigenvalue weighted by atomic mass is 32.2. The zero-order chi connectivity index (χ0) is 24.8. The Hall–Kier alpha value is -3.76. The third kappa shape index (κ3) is 4.62. The molecule has 1 aliphatic carbocycles. The average Bonchev–Trinajstić information content (AvgIpc) is 3.19. The van der Waals surface area contributed by atoms with Crippen LogP contribution in [0.1, 0.15) is 11.1 Å². The highest BCUT2D eigenvalue weighted by molar-refractivity contribution is 7.94. The first-order valence-corrected chi connectivity index (χ1v) is 13.2. The molecule has 0 radical (unpaired) electrons. The Morgan fingerprint density at radius 2 is 0.914 bits per heavy atom. The van der Waals surface area contributed by atoms with Crippen LogP contribution in [-0.2, 0) is 26.5 Å². The number of hydrogen-bond donors (Lipinski definition) is 0. The summed E-state index contributed by atoms with van der Waals surface area (Å²) in [6.07, 6.45) is 0.324. The monoisotopic (exact) mass is 510 g/mol. The topological polar surface area (TPSA) is 96.5 Å². The second kappa shape index (κ2) is 8.47. The zero-order valence-electron chi connectivity index (χ0n) is 17.9. The minimum atomic E-state index is -4.04. The molecule has 4 aromatic rings. The molecule has 0 saturated heterocycles. The number of fused-ring (bicyclic) bond motifs is 3. The number of rotatable bonds is 6. The maximum atomic E-state index is 13.1. The van der Waals surface area contributed by atoms with Crippen molar-refractivity contribution in [3.05, 3.63) is 117 Å². The van der Waals surface area contributed by atoms with Crippen LogP contribution in [0.4, 0.5) is 20.2 Å². The first-order valence-electron chi connectivity index (χ1n) is 10.3. The highest BCUT2D eigenvalue weighted by Gasteiger charge is 2.21. The van der Waals surface area contributed by atoms with Gasteiger partial charge in [0.1, 0.15) is 31.7 Å². The van der Waals surface area contributed by atoms with E-state index in [4.69, 9.17) is 0 Å². The molecule has 0 N–H and O–H groups in total. The van der Waals surface area contributed by atoms with Crippen molar-refractivity contribution in [2.45, 2.75) is 16.2 Å². The molecule has 0 saturated carbocycles. The first kappa shape index (κ1) is 23.0. The summed E-state index contributed by atoms with van der Waals surface area (Å²) in [5.74, 6) is -0.994. The summed E-state index contributed by atoms with van der Waals surface area (Å²) in [4.78, 5) is -0.0416. The van der Waals surface area contributed by atoms with Crippen LogP contribution >= 0.6 is 0 Å². The normalized spacial score (nSPS) is 12.6. The van der Waals surface area contributed by atoms with Crippen LogP contribution in [-0.4, -0.2) is 16.8 Å². The second-order valence-electron chi connectivity index (χ2n) is 7.90. The van der Waals surface area contributed by atoms with Gasteiger partial charge in [0.15, 0.2) is 0 Å². The Morgan fingerprint density at radius 3 is 1.29 bits per heavy atom. The summed E-state index contributed by atoms with van der Waals surface area (Å²) in [7, 11) is -8.08. The molecular formula is C25H16F2N2O4S2-2.